The fourth-order valence-electron chi connectivity index (χ4n) is 7.73. The Morgan fingerprint density at radius 1 is 0.198 bits per heavy atom. The number of halogens is 54. The lowest BCUT2D eigenvalue weighted by Crippen LogP contribution is -2.74. The van der Waals surface area contributed by atoms with Crippen LogP contribution in [-0.2, 0) is 19.3 Å². The summed E-state index contributed by atoms with van der Waals surface area (Å²) in [6.07, 6.45) is -41.4. The Hall–Kier alpha value is -5.21. The van der Waals surface area contributed by atoms with Crippen molar-refractivity contribution in [3.63, 3.8) is 0 Å². The summed E-state index contributed by atoms with van der Waals surface area (Å²) in [6.45, 7) is 0. The molecule has 3 rings (SSSR count). The van der Waals surface area contributed by atoms with Crippen molar-refractivity contribution in [1.82, 2.24) is 0 Å². The number of alkyl halides is 51. The molecule has 0 saturated carbocycles. The number of benzene rings is 3. The number of hydrogen-bond donors (Lipinski definition) is 0. The summed E-state index contributed by atoms with van der Waals surface area (Å²) in [4.78, 5) is 0. The summed E-state index contributed by atoms with van der Waals surface area (Å²) in [5.74, 6) is -185. The van der Waals surface area contributed by atoms with E-state index in [0.717, 1.165) is 0 Å². The molecule has 3 nitrogen and oxygen atoms in total. The van der Waals surface area contributed by atoms with Crippen LogP contribution in [0.15, 0.2) is 54.6 Å². The lowest BCUT2D eigenvalue weighted by Gasteiger charge is -2.42. The molecule has 0 amide bonds. The molecule has 0 radical (unpaired) electrons. The van der Waals surface area contributed by atoms with Gasteiger partial charge in [0.15, 0.2) is 0 Å². The van der Waals surface area contributed by atoms with Crippen molar-refractivity contribution < 1.29 is 237 Å². The van der Waals surface area contributed by atoms with E-state index in [0.29, 0.717) is 0 Å². The maximum atomic E-state index is 15.0. The van der Waals surface area contributed by atoms with E-state index in [9.17, 15) is 224 Å². The monoisotopic (exact) mass is 1750 g/mol. The molecular formula is C48H21Cl3F51O3P. The van der Waals surface area contributed by atoms with E-state index in [-0.39, 0.29) is 54.6 Å². The fraction of sp³-hybridized carbons (Fsp3) is 0.625. The highest BCUT2D eigenvalue weighted by Crippen LogP contribution is 2.69. The maximum Gasteiger partial charge on any atom is 0.530 e. The van der Waals surface area contributed by atoms with Crippen molar-refractivity contribution in [1.29, 1.82) is 0 Å². The molecule has 0 aliphatic carbocycles. The molecule has 3 aromatic carbocycles. The van der Waals surface area contributed by atoms with Gasteiger partial charge in [-0.05, 0) is 90.6 Å². The van der Waals surface area contributed by atoms with Crippen LogP contribution in [0.25, 0.3) is 0 Å². The third-order valence-corrected chi connectivity index (χ3v) is 15.6. The molecule has 0 fully saturated rings. The first kappa shape index (κ1) is 95.0. The highest BCUT2D eigenvalue weighted by Gasteiger charge is 2.98. The minimum atomic E-state index is -9.13. The summed E-state index contributed by atoms with van der Waals surface area (Å²) in [5, 5.41) is -3.69. The molecule has 0 aliphatic heterocycles. The fourth-order valence-corrected chi connectivity index (χ4v) is 9.42. The summed E-state index contributed by atoms with van der Waals surface area (Å²) < 4.78 is 725. The quantitative estimate of drug-likeness (QED) is 0.0449. The standard InChI is InChI=1S/C48H21Cl3F51O3P/c49-19-7-16(1-4-25(52,53)28(58,59)31(64,65)34(70,71)37(76,77)40(82,83)43(88,89)46(94,95)96)10-22(13-19)103-106(104-23-11-17(8-20(50)14-23)2-5-26(54,55)29(60,61)32(66,67)35(72,73)38(78,79)41(84,85)44(90,91)47(97,98)99)105-24-12-18(9-21(51)15-24)3-6-27(56,57)30(62,63)33(68,69)36(74,75)39(80,81)42(86,87)45(92,93)48(100,101)102/h7-15H,1-6H2. The topological polar surface area (TPSA) is 27.7 Å². The van der Waals surface area contributed by atoms with Gasteiger partial charge in [-0.1, -0.05) is 34.8 Å². The van der Waals surface area contributed by atoms with Crippen molar-refractivity contribution in [3.8, 4) is 17.2 Å². The predicted molar refractivity (Wildman–Crippen MR) is 250 cm³/mol. The molecule has 3 aromatic rings. The normalized spacial score (nSPS) is 15.8. The van der Waals surface area contributed by atoms with Gasteiger partial charge >= 0.3 is 152 Å². The molecule has 0 spiro atoms. The van der Waals surface area contributed by atoms with Gasteiger partial charge in [0.2, 0.25) is 0 Å². The van der Waals surface area contributed by atoms with Crippen LogP contribution in [0.1, 0.15) is 36.0 Å². The van der Waals surface area contributed by atoms with E-state index >= 15 is 0 Å². The zero-order valence-corrected chi connectivity index (χ0v) is 51.2. The molecule has 58 heteroatoms. The van der Waals surface area contributed by atoms with E-state index in [4.69, 9.17) is 48.4 Å². The van der Waals surface area contributed by atoms with Crippen LogP contribution in [0, 0.1) is 0 Å². The second kappa shape index (κ2) is 27.9. The molecule has 614 valence electrons. The lowest BCUT2D eigenvalue weighted by atomic mass is 9.87. The molecule has 0 N–H and O–H groups in total. The first-order valence-corrected chi connectivity index (χ1v) is 27.7. The van der Waals surface area contributed by atoms with E-state index < -0.39 is 239 Å². The number of rotatable bonds is 33. The van der Waals surface area contributed by atoms with Crippen molar-refractivity contribution >= 4 is 43.4 Å². The van der Waals surface area contributed by atoms with Gasteiger partial charge in [-0.2, -0.15) is 224 Å². The smallest absolute Gasteiger partial charge is 0.408 e. The third kappa shape index (κ3) is 15.1. The van der Waals surface area contributed by atoms with Crippen LogP contribution in [0.4, 0.5) is 224 Å². The molecule has 0 saturated heterocycles. The van der Waals surface area contributed by atoms with Gasteiger partial charge in [-0.25, -0.2) is 0 Å². The minimum Gasteiger partial charge on any atom is -0.408 e. The predicted octanol–water partition coefficient (Wildman–Crippen LogP) is 25.2. The Morgan fingerprint density at radius 2 is 0.340 bits per heavy atom. The van der Waals surface area contributed by atoms with E-state index in [1.54, 1.807) is 0 Å². The maximum absolute atomic E-state index is 15.0. The second-order valence-electron chi connectivity index (χ2n) is 21.3. The van der Waals surface area contributed by atoms with Gasteiger partial charge < -0.3 is 13.6 Å². The Balaban J connectivity index is 2.25. The highest BCUT2D eigenvalue weighted by molar-refractivity contribution is 7.43. The molecular weight excluding hydrogens is 1730 g/mol. The van der Waals surface area contributed by atoms with Crippen LogP contribution in [0.2, 0.25) is 15.1 Å². The van der Waals surface area contributed by atoms with E-state index in [1.165, 1.54) is 0 Å². The summed E-state index contributed by atoms with van der Waals surface area (Å²) in [7, 11) is -4.31. The van der Waals surface area contributed by atoms with Gasteiger partial charge in [-0.3, -0.25) is 0 Å². The molecule has 0 atom stereocenters. The van der Waals surface area contributed by atoms with Crippen LogP contribution >= 0.6 is 43.4 Å². The van der Waals surface area contributed by atoms with Crippen molar-refractivity contribution in [3.05, 3.63) is 86.4 Å². The lowest BCUT2D eigenvalue weighted by molar-refractivity contribution is -0.461. The zero-order valence-electron chi connectivity index (χ0n) is 48.0. The minimum absolute atomic E-state index is 0.0729. The van der Waals surface area contributed by atoms with Gasteiger partial charge in [0, 0.05) is 34.3 Å². The summed E-state index contributed by atoms with van der Waals surface area (Å²) >= 11 is 17.1. The number of hydrogen-bond acceptors (Lipinski definition) is 3. The second-order valence-corrected chi connectivity index (χ2v) is 23.6. The van der Waals surface area contributed by atoms with Gasteiger partial charge in [0.25, 0.3) is 0 Å². The van der Waals surface area contributed by atoms with Crippen LogP contribution in [0.5, 0.6) is 17.2 Å². The molecule has 0 aliphatic rings. The van der Waals surface area contributed by atoms with Crippen molar-refractivity contribution in [2.45, 2.75) is 181 Å². The highest BCUT2D eigenvalue weighted by atomic mass is 35.5. The van der Waals surface area contributed by atoms with Gasteiger partial charge in [-0.15, -0.1) is 0 Å². The molecule has 0 bridgehead atoms. The Kier molecular flexibility index (Phi) is 25.0. The first-order valence-electron chi connectivity index (χ1n) is 25.4. The van der Waals surface area contributed by atoms with Crippen LogP contribution < -0.4 is 13.6 Å². The van der Waals surface area contributed by atoms with E-state index in [1.807, 2.05) is 0 Å². The SMILES string of the molecule is FC(F)(F)C(F)(F)C(F)(F)C(F)(F)C(F)(F)C(F)(F)C(F)(F)C(F)(F)CCc1cc(Cl)cc(OP(Oc2cc(Cl)cc(CCC(F)(F)C(F)(F)C(F)(F)C(F)(F)C(F)(F)C(F)(F)C(F)(F)C(F)(F)F)c2)Oc2cc(Cl)cc(CCC(F)(F)C(F)(F)C(F)(F)C(F)(F)C(F)(F)C(F)(F)C(F)(F)C(F)(F)F)c2)c1. The average Bonchev–Trinajstić information content (AvgIpc) is 0.706. The van der Waals surface area contributed by atoms with Crippen molar-refractivity contribution in [2.75, 3.05) is 0 Å². The zero-order chi connectivity index (χ0) is 84.5. The Bertz CT molecular complexity index is 3230. The Labute approximate surface area is 565 Å². The molecule has 0 heterocycles. The largest absolute Gasteiger partial charge is 0.530 e. The molecule has 0 unspecified atom stereocenters. The molecule has 106 heavy (non-hydrogen) atoms. The average molecular weight is 1750 g/mol. The van der Waals surface area contributed by atoms with Gasteiger partial charge in [0.05, 0.1) is 0 Å². The van der Waals surface area contributed by atoms with Crippen LogP contribution in [-0.4, -0.2) is 143 Å². The van der Waals surface area contributed by atoms with Crippen molar-refractivity contribution in [2.24, 2.45) is 0 Å². The van der Waals surface area contributed by atoms with Gasteiger partial charge in [0.1, 0.15) is 17.2 Å². The Morgan fingerprint density at radius 3 is 0.491 bits per heavy atom. The summed E-state index contributed by atoms with van der Waals surface area (Å²) in [5.41, 5.74) is -4.26. The molecule has 0 aromatic heterocycles. The van der Waals surface area contributed by atoms with E-state index in [2.05, 4.69) is 0 Å². The van der Waals surface area contributed by atoms with Crippen LogP contribution in [0.3, 0.4) is 0 Å². The summed E-state index contributed by atoms with van der Waals surface area (Å²) in [6, 6.07) is 0.513. The number of aryl methyl sites for hydroxylation is 3. The first-order chi connectivity index (χ1) is 46.1. The third-order valence-electron chi connectivity index (χ3n) is 13.9.